The molecule has 0 radical (unpaired) electrons. The summed E-state index contributed by atoms with van der Waals surface area (Å²) in [6, 6.07) is 26.5. The third-order valence-corrected chi connectivity index (χ3v) is 6.66. The lowest BCUT2D eigenvalue weighted by Gasteiger charge is -2.09. The molecule has 1 heteroatoms. The average Bonchev–Trinajstić information content (AvgIpc) is 2.90. The molecule has 35 heavy (non-hydrogen) atoms. The highest BCUT2D eigenvalue weighted by Crippen LogP contribution is 2.30. The van der Waals surface area contributed by atoms with Crippen LogP contribution in [-0.2, 0) is 12.8 Å². The fraction of sp³-hybridized carbons (Fsp3) is 0.294. The molecule has 4 aromatic carbocycles. The predicted octanol–water partition coefficient (Wildman–Crippen LogP) is 9.51. The van der Waals surface area contributed by atoms with Gasteiger partial charge in [-0.15, -0.1) is 0 Å². The van der Waals surface area contributed by atoms with E-state index in [4.69, 9.17) is 0 Å². The second kappa shape index (κ2) is 12.4. The van der Waals surface area contributed by atoms with Crippen molar-refractivity contribution in [2.24, 2.45) is 0 Å². The van der Waals surface area contributed by atoms with Gasteiger partial charge in [-0.2, -0.15) is 0 Å². The standard InChI is InChI=1S/C34H35F/c1-3-5-7-8-10-27-11-13-28(14-12-27)15-16-29-19-23-33-31(25-29)22-24-32(34(33)35)30-20-17-26(18-21-30)9-6-4-2/h11-14,17-25H,3-10H2,1-2H3. The first-order chi connectivity index (χ1) is 17.2. The highest BCUT2D eigenvalue weighted by atomic mass is 19.1. The minimum Gasteiger partial charge on any atom is -0.206 e. The zero-order valence-electron chi connectivity index (χ0n) is 21.0. The average molecular weight is 463 g/mol. The summed E-state index contributed by atoms with van der Waals surface area (Å²) in [4.78, 5) is 0. The Morgan fingerprint density at radius 2 is 1.23 bits per heavy atom. The normalized spacial score (nSPS) is 10.8. The minimum absolute atomic E-state index is 0.169. The third-order valence-electron chi connectivity index (χ3n) is 6.66. The largest absolute Gasteiger partial charge is 0.206 e. The molecule has 0 spiro atoms. The lowest BCUT2D eigenvalue weighted by atomic mass is 9.97. The van der Waals surface area contributed by atoms with Crippen LogP contribution in [0.5, 0.6) is 0 Å². The molecule has 0 amide bonds. The number of fused-ring (bicyclic) bond motifs is 1. The maximum atomic E-state index is 15.4. The van der Waals surface area contributed by atoms with Crippen molar-refractivity contribution in [3.63, 3.8) is 0 Å². The van der Waals surface area contributed by atoms with Crippen molar-refractivity contribution in [3.8, 4) is 23.0 Å². The molecule has 178 valence electrons. The summed E-state index contributed by atoms with van der Waals surface area (Å²) in [6.45, 7) is 4.44. The first-order valence-corrected chi connectivity index (χ1v) is 13.1. The van der Waals surface area contributed by atoms with Crippen molar-refractivity contribution in [1.82, 2.24) is 0 Å². The molecule has 0 aliphatic carbocycles. The number of rotatable bonds is 9. The van der Waals surface area contributed by atoms with Crippen LogP contribution in [0.3, 0.4) is 0 Å². The van der Waals surface area contributed by atoms with Gasteiger partial charge >= 0.3 is 0 Å². The van der Waals surface area contributed by atoms with Crippen LogP contribution >= 0.6 is 0 Å². The minimum atomic E-state index is -0.169. The quantitative estimate of drug-likeness (QED) is 0.172. The summed E-state index contributed by atoms with van der Waals surface area (Å²) in [5, 5.41) is 1.51. The molecular weight excluding hydrogens is 427 g/mol. The van der Waals surface area contributed by atoms with Gasteiger partial charge in [-0.3, -0.25) is 0 Å². The number of aryl methyl sites for hydroxylation is 2. The maximum absolute atomic E-state index is 15.4. The molecule has 4 aromatic rings. The van der Waals surface area contributed by atoms with Crippen molar-refractivity contribution in [1.29, 1.82) is 0 Å². The van der Waals surface area contributed by atoms with E-state index in [2.05, 4.69) is 62.1 Å². The van der Waals surface area contributed by atoms with Crippen molar-refractivity contribution < 1.29 is 4.39 Å². The monoisotopic (exact) mass is 462 g/mol. The Balaban J connectivity index is 1.48. The molecule has 0 saturated carbocycles. The van der Waals surface area contributed by atoms with Gasteiger partial charge in [-0.1, -0.05) is 106 Å². The van der Waals surface area contributed by atoms with Gasteiger partial charge in [0.2, 0.25) is 0 Å². The van der Waals surface area contributed by atoms with Crippen LogP contribution in [0.2, 0.25) is 0 Å². The van der Waals surface area contributed by atoms with E-state index in [-0.39, 0.29) is 5.82 Å². The van der Waals surface area contributed by atoms with Gasteiger partial charge in [-0.25, -0.2) is 4.39 Å². The van der Waals surface area contributed by atoms with Crippen LogP contribution in [0.15, 0.2) is 78.9 Å². The highest BCUT2D eigenvalue weighted by molar-refractivity contribution is 5.89. The number of hydrogen-bond donors (Lipinski definition) is 0. The summed E-state index contributed by atoms with van der Waals surface area (Å²) in [6.07, 6.45) is 9.69. The zero-order valence-corrected chi connectivity index (χ0v) is 21.0. The topological polar surface area (TPSA) is 0 Å². The Morgan fingerprint density at radius 3 is 1.94 bits per heavy atom. The van der Waals surface area contributed by atoms with Crippen molar-refractivity contribution in [3.05, 3.63) is 107 Å². The van der Waals surface area contributed by atoms with E-state index in [0.717, 1.165) is 34.9 Å². The van der Waals surface area contributed by atoms with Gasteiger partial charge in [0, 0.05) is 22.1 Å². The molecule has 0 saturated heterocycles. The van der Waals surface area contributed by atoms with E-state index < -0.39 is 0 Å². The van der Waals surface area contributed by atoms with Crippen LogP contribution in [0, 0.1) is 17.7 Å². The van der Waals surface area contributed by atoms with Crippen molar-refractivity contribution in [2.45, 2.75) is 65.2 Å². The van der Waals surface area contributed by atoms with Gasteiger partial charge in [0.15, 0.2) is 0 Å². The lowest BCUT2D eigenvalue weighted by Crippen LogP contribution is -1.89. The van der Waals surface area contributed by atoms with Crippen LogP contribution in [0.1, 0.15) is 74.6 Å². The van der Waals surface area contributed by atoms with E-state index in [1.54, 1.807) is 0 Å². The van der Waals surface area contributed by atoms with E-state index in [1.165, 1.54) is 49.7 Å². The number of halogens is 1. The van der Waals surface area contributed by atoms with Crippen LogP contribution < -0.4 is 0 Å². The molecule has 4 rings (SSSR count). The molecule has 0 atom stereocenters. The van der Waals surface area contributed by atoms with Gasteiger partial charge in [0.05, 0.1) is 0 Å². The second-order valence-electron chi connectivity index (χ2n) is 9.42. The summed E-state index contributed by atoms with van der Waals surface area (Å²) in [5.41, 5.74) is 6.15. The summed E-state index contributed by atoms with van der Waals surface area (Å²) in [7, 11) is 0. The summed E-state index contributed by atoms with van der Waals surface area (Å²) >= 11 is 0. The Kier molecular flexibility index (Phi) is 8.74. The second-order valence-corrected chi connectivity index (χ2v) is 9.42. The summed E-state index contributed by atoms with van der Waals surface area (Å²) in [5.74, 6) is 6.34. The van der Waals surface area contributed by atoms with Gasteiger partial charge in [0.1, 0.15) is 5.82 Å². The van der Waals surface area contributed by atoms with E-state index in [1.807, 2.05) is 42.5 Å². The van der Waals surface area contributed by atoms with Crippen molar-refractivity contribution in [2.75, 3.05) is 0 Å². The van der Waals surface area contributed by atoms with Crippen LogP contribution in [-0.4, -0.2) is 0 Å². The Labute approximate surface area is 210 Å². The Hall–Kier alpha value is -3.37. The van der Waals surface area contributed by atoms with E-state index >= 15 is 4.39 Å². The molecule has 0 fully saturated rings. The van der Waals surface area contributed by atoms with E-state index in [9.17, 15) is 0 Å². The Bertz CT molecular complexity index is 1300. The van der Waals surface area contributed by atoms with Crippen LogP contribution in [0.4, 0.5) is 4.39 Å². The molecule has 0 nitrogen and oxygen atoms in total. The molecule has 0 heterocycles. The van der Waals surface area contributed by atoms with Gasteiger partial charge in [0.25, 0.3) is 0 Å². The van der Waals surface area contributed by atoms with Crippen LogP contribution in [0.25, 0.3) is 21.9 Å². The maximum Gasteiger partial charge on any atom is 0.138 e. The number of benzene rings is 4. The molecule has 0 unspecified atom stereocenters. The lowest BCUT2D eigenvalue weighted by molar-refractivity contribution is 0.643. The Morgan fingerprint density at radius 1 is 0.600 bits per heavy atom. The first-order valence-electron chi connectivity index (χ1n) is 13.1. The molecular formula is C34H35F. The summed E-state index contributed by atoms with van der Waals surface area (Å²) < 4.78 is 15.4. The van der Waals surface area contributed by atoms with Crippen molar-refractivity contribution >= 4 is 10.8 Å². The zero-order chi connectivity index (χ0) is 24.5. The fourth-order valence-electron chi connectivity index (χ4n) is 4.48. The smallest absolute Gasteiger partial charge is 0.138 e. The number of hydrogen-bond acceptors (Lipinski definition) is 0. The third kappa shape index (κ3) is 6.61. The predicted molar refractivity (Wildman–Crippen MR) is 148 cm³/mol. The molecule has 0 aliphatic rings. The molecule has 0 N–H and O–H groups in total. The SMILES string of the molecule is CCCCCCc1ccc(C#Cc2ccc3c(F)c(-c4ccc(CCCC)cc4)ccc3c2)cc1. The molecule has 0 bridgehead atoms. The molecule has 0 aromatic heterocycles. The highest BCUT2D eigenvalue weighted by Gasteiger charge is 2.10. The number of unbranched alkanes of at least 4 members (excludes halogenated alkanes) is 4. The van der Waals surface area contributed by atoms with Gasteiger partial charge in [-0.05, 0) is 72.0 Å². The van der Waals surface area contributed by atoms with Gasteiger partial charge < -0.3 is 0 Å². The first kappa shape index (κ1) is 24.7. The fourth-order valence-corrected chi connectivity index (χ4v) is 4.48. The van der Waals surface area contributed by atoms with E-state index in [0.29, 0.717) is 10.9 Å². The molecule has 0 aliphatic heterocycles.